The standard InChI is InChI=1S/C18H21N3/c1-3-19-18(17-12-20-21(4-2)13-17)16-10-9-14-7-5-6-8-15(14)11-16/h5-13,18-19H,3-4H2,1-2H3. The van der Waals surface area contributed by atoms with Crippen LogP contribution >= 0.6 is 0 Å². The predicted octanol–water partition coefficient (Wildman–Crippen LogP) is 3.76. The Bertz CT molecular complexity index is 730. The van der Waals surface area contributed by atoms with Gasteiger partial charge in [-0.2, -0.15) is 5.10 Å². The van der Waals surface area contributed by atoms with Crippen molar-refractivity contribution >= 4 is 10.8 Å². The fourth-order valence-electron chi connectivity index (χ4n) is 2.72. The maximum absolute atomic E-state index is 4.40. The smallest absolute Gasteiger partial charge is 0.0608 e. The van der Waals surface area contributed by atoms with Gasteiger partial charge < -0.3 is 5.32 Å². The second-order valence-corrected chi connectivity index (χ2v) is 5.23. The molecule has 0 aliphatic rings. The second-order valence-electron chi connectivity index (χ2n) is 5.23. The van der Waals surface area contributed by atoms with Gasteiger partial charge in [-0.3, -0.25) is 4.68 Å². The number of rotatable bonds is 5. The normalized spacial score (nSPS) is 12.7. The van der Waals surface area contributed by atoms with Crippen molar-refractivity contribution in [1.29, 1.82) is 0 Å². The van der Waals surface area contributed by atoms with Crippen LogP contribution < -0.4 is 5.32 Å². The second kappa shape index (κ2) is 6.10. The number of hydrogen-bond acceptors (Lipinski definition) is 2. The SMILES string of the molecule is CCNC(c1ccc2ccccc2c1)c1cnn(CC)c1. The summed E-state index contributed by atoms with van der Waals surface area (Å²) in [4.78, 5) is 0. The van der Waals surface area contributed by atoms with Crippen LogP contribution in [-0.4, -0.2) is 16.3 Å². The largest absolute Gasteiger partial charge is 0.306 e. The molecule has 0 fully saturated rings. The van der Waals surface area contributed by atoms with Gasteiger partial charge in [0.25, 0.3) is 0 Å². The van der Waals surface area contributed by atoms with Crippen LogP contribution in [0.15, 0.2) is 54.9 Å². The average molecular weight is 279 g/mol. The Kier molecular flexibility index (Phi) is 4.02. The summed E-state index contributed by atoms with van der Waals surface area (Å²) in [5.41, 5.74) is 2.50. The van der Waals surface area contributed by atoms with Crippen LogP contribution in [-0.2, 0) is 6.54 Å². The number of aromatic nitrogens is 2. The Balaban J connectivity index is 2.01. The van der Waals surface area contributed by atoms with Gasteiger partial charge >= 0.3 is 0 Å². The number of benzene rings is 2. The third-order valence-corrected chi connectivity index (χ3v) is 3.83. The lowest BCUT2D eigenvalue weighted by Crippen LogP contribution is -2.21. The van der Waals surface area contributed by atoms with Crippen LogP contribution in [0.1, 0.15) is 31.0 Å². The number of hydrogen-bond donors (Lipinski definition) is 1. The van der Waals surface area contributed by atoms with Crippen LogP contribution in [0.3, 0.4) is 0 Å². The molecule has 21 heavy (non-hydrogen) atoms. The summed E-state index contributed by atoms with van der Waals surface area (Å²) in [6.07, 6.45) is 4.09. The zero-order chi connectivity index (χ0) is 14.7. The molecule has 0 saturated heterocycles. The van der Waals surface area contributed by atoms with Crippen LogP contribution in [0.25, 0.3) is 10.8 Å². The Morgan fingerprint density at radius 3 is 2.57 bits per heavy atom. The van der Waals surface area contributed by atoms with Gasteiger partial charge in [-0.1, -0.05) is 43.3 Å². The molecule has 3 rings (SSSR count). The van der Waals surface area contributed by atoms with E-state index in [4.69, 9.17) is 0 Å². The summed E-state index contributed by atoms with van der Waals surface area (Å²) in [6, 6.07) is 15.3. The summed E-state index contributed by atoms with van der Waals surface area (Å²) < 4.78 is 1.97. The van der Waals surface area contributed by atoms with Crippen molar-refractivity contribution < 1.29 is 0 Å². The highest BCUT2D eigenvalue weighted by molar-refractivity contribution is 5.83. The van der Waals surface area contributed by atoms with E-state index < -0.39 is 0 Å². The molecule has 1 atom stereocenters. The quantitative estimate of drug-likeness (QED) is 0.770. The molecule has 3 nitrogen and oxygen atoms in total. The molecule has 1 N–H and O–H groups in total. The van der Waals surface area contributed by atoms with Gasteiger partial charge in [0, 0.05) is 18.3 Å². The summed E-state index contributed by atoms with van der Waals surface area (Å²) in [5, 5.41) is 10.5. The zero-order valence-corrected chi connectivity index (χ0v) is 12.6. The fraction of sp³-hybridized carbons (Fsp3) is 0.278. The third-order valence-electron chi connectivity index (χ3n) is 3.83. The maximum Gasteiger partial charge on any atom is 0.0608 e. The molecule has 0 aliphatic heterocycles. The molecule has 108 valence electrons. The number of aryl methyl sites for hydroxylation is 1. The minimum atomic E-state index is 0.194. The first kappa shape index (κ1) is 13.8. The highest BCUT2D eigenvalue weighted by atomic mass is 15.3. The van der Waals surface area contributed by atoms with Crippen LogP contribution in [0.4, 0.5) is 0 Å². The number of nitrogens with zero attached hydrogens (tertiary/aromatic N) is 2. The van der Waals surface area contributed by atoms with E-state index in [1.54, 1.807) is 0 Å². The minimum absolute atomic E-state index is 0.194. The Morgan fingerprint density at radius 1 is 1.05 bits per heavy atom. The van der Waals surface area contributed by atoms with Gasteiger partial charge in [-0.25, -0.2) is 0 Å². The summed E-state index contributed by atoms with van der Waals surface area (Å²) in [7, 11) is 0. The fourth-order valence-corrected chi connectivity index (χ4v) is 2.72. The van der Waals surface area contributed by atoms with E-state index in [-0.39, 0.29) is 6.04 Å². The summed E-state index contributed by atoms with van der Waals surface area (Å²) >= 11 is 0. The van der Waals surface area contributed by atoms with Gasteiger partial charge in [0.05, 0.1) is 12.2 Å². The van der Waals surface area contributed by atoms with E-state index in [0.717, 1.165) is 13.1 Å². The first-order valence-corrected chi connectivity index (χ1v) is 7.56. The molecule has 0 aliphatic carbocycles. The van der Waals surface area contributed by atoms with Crippen molar-refractivity contribution in [2.24, 2.45) is 0 Å². The lowest BCUT2D eigenvalue weighted by Gasteiger charge is -2.17. The van der Waals surface area contributed by atoms with Crippen molar-refractivity contribution in [3.05, 3.63) is 66.0 Å². The molecule has 0 radical (unpaired) electrons. The molecule has 0 spiro atoms. The van der Waals surface area contributed by atoms with Gasteiger partial charge in [-0.15, -0.1) is 0 Å². The monoisotopic (exact) mass is 279 g/mol. The predicted molar refractivity (Wildman–Crippen MR) is 87.4 cm³/mol. The topological polar surface area (TPSA) is 29.9 Å². The Hall–Kier alpha value is -2.13. The van der Waals surface area contributed by atoms with Crippen molar-refractivity contribution in [2.75, 3.05) is 6.54 Å². The number of fused-ring (bicyclic) bond motifs is 1. The van der Waals surface area contributed by atoms with E-state index in [0.29, 0.717) is 0 Å². The summed E-state index contributed by atoms with van der Waals surface area (Å²) in [5.74, 6) is 0. The molecule has 2 aromatic carbocycles. The molecule has 3 aromatic rings. The van der Waals surface area contributed by atoms with Crippen molar-refractivity contribution in [3.8, 4) is 0 Å². The lowest BCUT2D eigenvalue weighted by molar-refractivity contribution is 0.626. The zero-order valence-electron chi connectivity index (χ0n) is 12.6. The van der Waals surface area contributed by atoms with E-state index in [1.165, 1.54) is 21.9 Å². The van der Waals surface area contributed by atoms with E-state index in [1.807, 2.05) is 10.9 Å². The van der Waals surface area contributed by atoms with Gasteiger partial charge in [-0.05, 0) is 35.9 Å². The van der Waals surface area contributed by atoms with Crippen LogP contribution in [0, 0.1) is 0 Å². The molecule has 1 unspecified atom stereocenters. The molecule has 0 saturated carbocycles. The van der Waals surface area contributed by atoms with Gasteiger partial charge in [0.15, 0.2) is 0 Å². The minimum Gasteiger partial charge on any atom is -0.306 e. The van der Waals surface area contributed by atoms with Gasteiger partial charge in [0.1, 0.15) is 0 Å². The highest BCUT2D eigenvalue weighted by Gasteiger charge is 2.15. The number of nitrogens with one attached hydrogen (secondary N) is 1. The molecular formula is C18H21N3. The molecule has 3 heteroatoms. The molecule has 1 aromatic heterocycles. The Labute approximate surface area is 125 Å². The lowest BCUT2D eigenvalue weighted by atomic mass is 9.98. The average Bonchev–Trinajstić information content (AvgIpc) is 3.01. The molecule has 0 bridgehead atoms. The maximum atomic E-state index is 4.40. The third kappa shape index (κ3) is 2.83. The van der Waals surface area contributed by atoms with Crippen molar-refractivity contribution in [1.82, 2.24) is 15.1 Å². The van der Waals surface area contributed by atoms with Crippen LogP contribution in [0.5, 0.6) is 0 Å². The molecule has 0 amide bonds. The van der Waals surface area contributed by atoms with Crippen LogP contribution in [0.2, 0.25) is 0 Å². The van der Waals surface area contributed by atoms with Gasteiger partial charge in [0.2, 0.25) is 0 Å². The Morgan fingerprint density at radius 2 is 1.86 bits per heavy atom. The van der Waals surface area contributed by atoms with Crippen molar-refractivity contribution in [3.63, 3.8) is 0 Å². The highest BCUT2D eigenvalue weighted by Crippen LogP contribution is 2.25. The van der Waals surface area contributed by atoms with E-state index in [9.17, 15) is 0 Å². The first-order chi connectivity index (χ1) is 10.3. The molecular weight excluding hydrogens is 258 g/mol. The van der Waals surface area contributed by atoms with Crippen molar-refractivity contribution in [2.45, 2.75) is 26.4 Å². The molecule has 1 heterocycles. The van der Waals surface area contributed by atoms with E-state index in [2.05, 4.69) is 72.9 Å². The summed E-state index contributed by atoms with van der Waals surface area (Å²) in [6.45, 7) is 6.07. The first-order valence-electron chi connectivity index (χ1n) is 7.56. The van der Waals surface area contributed by atoms with E-state index >= 15 is 0 Å².